The lowest BCUT2D eigenvalue weighted by Gasteiger charge is -2.62. The summed E-state index contributed by atoms with van der Waals surface area (Å²) in [6.07, 6.45) is -4.53. The third kappa shape index (κ3) is 6.09. The van der Waals surface area contributed by atoms with Gasteiger partial charge in [0.1, 0.15) is 23.6 Å². The molecule has 8 atom stereocenters. The average Bonchev–Trinajstić information content (AvgIpc) is 3.31. The Hall–Kier alpha value is -2.86. The van der Waals surface area contributed by atoms with Crippen LogP contribution in [0.2, 0.25) is 0 Å². The molecular weight excluding hydrogens is 565 g/mol. The first-order chi connectivity index (χ1) is 20.2. The van der Waals surface area contributed by atoms with Crippen molar-refractivity contribution in [2.75, 3.05) is 13.7 Å². The van der Waals surface area contributed by atoms with Gasteiger partial charge in [-0.1, -0.05) is 51.1 Å². The predicted molar refractivity (Wildman–Crippen MR) is 153 cm³/mol. The van der Waals surface area contributed by atoms with E-state index in [0.717, 1.165) is 6.42 Å². The second kappa shape index (κ2) is 11.9. The van der Waals surface area contributed by atoms with Crippen molar-refractivity contribution >= 4 is 5.91 Å². The van der Waals surface area contributed by atoms with Gasteiger partial charge in [-0.15, -0.1) is 13.2 Å². The van der Waals surface area contributed by atoms with Gasteiger partial charge in [0.25, 0.3) is 0 Å². The van der Waals surface area contributed by atoms with Crippen molar-refractivity contribution < 1.29 is 42.5 Å². The van der Waals surface area contributed by atoms with Gasteiger partial charge >= 0.3 is 6.36 Å². The van der Waals surface area contributed by atoms with Gasteiger partial charge < -0.3 is 25.0 Å². The summed E-state index contributed by atoms with van der Waals surface area (Å²) in [5, 5.41) is 25.6. The molecule has 0 radical (unpaired) electrons. The number of ether oxygens (including phenoxy) is 2. The number of rotatable bonds is 9. The minimum atomic E-state index is -4.83. The Morgan fingerprint density at radius 2 is 1.93 bits per heavy atom. The van der Waals surface area contributed by atoms with E-state index in [2.05, 4.69) is 30.8 Å². The number of nitrogens with zero attached hydrogens (tertiary/aromatic N) is 1. The van der Waals surface area contributed by atoms with Crippen LogP contribution < -0.4 is 14.8 Å². The van der Waals surface area contributed by atoms with Crippen LogP contribution in [0.4, 0.5) is 13.2 Å². The molecule has 1 unspecified atom stereocenters. The number of hydrogen-bond donors (Lipinski definition) is 3. The number of amides is 1. The number of fused-ring (bicyclic) bond motifs is 2. The summed E-state index contributed by atoms with van der Waals surface area (Å²) >= 11 is 0. The highest BCUT2D eigenvalue weighted by atomic mass is 19.4. The second-order valence-electron chi connectivity index (χ2n) is 12.8. The van der Waals surface area contributed by atoms with Gasteiger partial charge in [-0.05, 0) is 60.6 Å². The number of benzene rings is 2. The monoisotopic (exact) mass is 606 g/mol. The molecule has 6 rings (SSSR count). The Morgan fingerprint density at radius 3 is 2.53 bits per heavy atom. The molecule has 1 saturated heterocycles. The zero-order chi connectivity index (χ0) is 31.3. The lowest BCUT2D eigenvalue weighted by atomic mass is 9.45. The van der Waals surface area contributed by atoms with E-state index in [1.807, 2.05) is 0 Å². The van der Waals surface area contributed by atoms with Crippen LogP contribution in [0.3, 0.4) is 0 Å². The highest BCUT2D eigenvalue weighted by Gasteiger charge is 2.57. The van der Waals surface area contributed by atoms with E-state index in [9.17, 15) is 28.2 Å². The van der Waals surface area contributed by atoms with Crippen molar-refractivity contribution in [1.82, 2.24) is 10.4 Å². The fourth-order valence-electron chi connectivity index (χ4n) is 7.69. The number of carbonyl (C=O) groups is 1. The maximum absolute atomic E-state index is 14.0. The molecule has 2 bridgehead atoms. The molecule has 1 heterocycles. The summed E-state index contributed by atoms with van der Waals surface area (Å²) in [5.41, 5.74) is 1.83. The molecule has 2 aromatic carbocycles. The molecular formula is C32H41F3N2O6. The summed E-state index contributed by atoms with van der Waals surface area (Å²) in [4.78, 5) is 20.0. The van der Waals surface area contributed by atoms with Crippen LogP contribution in [0.15, 0.2) is 42.5 Å². The number of aliphatic hydroxyl groups is 2. The van der Waals surface area contributed by atoms with E-state index in [4.69, 9.17) is 9.57 Å². The van der Waals surface area contributed by atoms with Crippen LogP contribution >= 0.6 is 0 Å². The van der Waals surface area contributed by atoms with Crippen molar-refractivity contribution in [3.63, 3.8) is 0 Å². The summed E-state index contributed by atoms with van der Waals surface area (Å²) < 4.78 is 48.4. The summed E-state index contributed by atoms with van der Waals surface area (Å²) in [6, 6.07) is 9.94. The topological polar surface area (TPSA) is 100 Å². The third-order valence-electron chi connectivity index (χ3n) is 10.1. The van der Waals surface area contributed by atoms with Crippen LogP contribution in [0.1, 0.15) is 46.1 Å². The van der Waals surface area contributed by atoms with Crippen molar-refractivity contribution in [2.24, 2.45) is 29.1 Å². The number of carbonyl (C=O) groups excluding carboxylic acids is 1. The third-order valence-corrected chi connectivity index (χ3v) is 10.1. The standard InChI is InChI=1S/C32H41F3N2O6/c1-17-24-13-21(31(24,3)4)14-25(17)36-30(40)28-27(18(2)39)26(16-38)43-37(28)15-20-9-7-11-23(29(20)41-5)19-8-6-10-22(12-19)42-32(33,34)35/h6-12,17-18,21,24-28,38-39H,13-16H2,1-5H3,(H,36,40)/t17-,18-,21+,24-,25-,26-,27-,28?/m0/s1. The average molecular weight is 607 g/mol. The van der Waals surface area contributed by atoms with E-state index in [1.165, 1.54) is 36.8 Å². The fourth-order valence-corrected chi connectivity index (χ4v) is 7.69. The molecule has 3 saturated carbocycles. The van der Waals surface area contributed by atoms with Gasteiger partial charge in [-0.25, -0.2) is 0 Å². The van der Waals surface area contributed by atoms with E-state index >= 15 is 0 Å². The lowest BCUT2D eigenvalue weighted by Crippen LogP contribution is -2.62. The SMILES string of the molecule is COc1c(CN2O[C@@H](CO)[C@H]([C@H](C)O)C2C(=O)N[C@H]2C[C@H]3C[C@@H]([C@@H]2C)C3(C)C)cccc1-c1cccc(OC(F)(F)F)c1. The second-order valence-corrected chi connectivity index (χ2v) is 12.8. The molecule has 2 aromatic rings. The fraction of sp³-hybridized carbons (Fsp3) is 0.594. The molecule has 43 heavy (non-hydrogen) atoms. The van der Waals surface area contributed by atoms with E-state index in [1.54, 1.807) is 31.2 Å². The van der Waals surface area contributed by atoms with Crippen molar-refractivity contribution in [3.05, 3.63) is 48.0 Å². The minimum Gasteiger partial charge on any atom is -0.496 e. The molecule has 4 fully saturated rings. The number of para-hydroxylation sites is 1. The number of halogens is 3. The Labute approximate surface area is 250 Å². The molecule has 11 heteroatoms. The zero-order valence-electron chi connectivity index (χ0n) is 25.1. The van der Waals surface area contributed by atoms with E-state index in [0.29, 0.717) is 40.2 Å². The molecule has 1 aliphatic heterocycles. The summed E-state index contributed by atoms with van der Waals surface area (Å²) in [5.74, 6) is 0.425. The van der Waals surface area contributed by atoms with Crippen LogP contribution in [0, 0.1) is 29.1 Å². The molecule has 3 aliphatic carbocycles. The quantitative estimate of drug-likeness (QED) is 0.373. The van der Waals surface area contributed by atoms with Crippen LogP contribution in [-0.2, 0) is 16.2 Å². The molecule has 0 spiro atoms. The van der Waals surface area contributed by atoms with Gasteiger partial charge in [-0.3, -0.25) is 9.63 Å². The minimum absolute atomic E-state index is 0.00184. The van der Waals surface area contributed by atoms with Gasteiger partial charge in [0.15, 0.2) is 0 Å². The maximum Gasteiger partial charge on any atom is 0.573 e. The first kappa shape index (κ1) is 31.6. The van der Waals surface area contributed by atoms with Crippen molar-refractivity contribution in [1.29, 1.82) is 0 Å². The summed E-state index contributed by atoms with van der Waals surface area (Å²) in [7, 11) is 1.46. The van der Waals surface area contributed by atoms with Crippen molar-refractivity contribution in [2.45, 2.75) is 77.7 Å². The molecule has 4 aliphatic rings. The number of methoxy groups -OCH3 is 1. The molecule has 8 nitrogen and oxygen atoms in total. The van der Waals surface area contributed by atoms with Gasteiger partial charge in [0.05, 0.1) is 26.4 Å². The van der Waals surface area contributed by atoms with Crippen LogP contribution in [0.5, 0.6) is 11.5 Å². The highest BCUT2D eigenvalue weighted by molar-refractivity contribution is 5.83. The maximum atomic E-state index is 14.0. The van der Waals surface area contributed by atoms with Crippen LogP contribution in [-0.4, -0.2) is 65.6 Å². The van der Waals surface area contributed by atoms with E-state index < -0.39 is 37.1 Å². The molecule has 3 N–H and O–H groups in total. The number of hydrogen-bond acceptors (Lipinski definition) is 7. The van der Waals surface area contributed by atoms with Gasteiger partial charge in [0, 0.05) is 23.1 Å². The molecule has 1 amide bonds. The van der Waals surface area contributed by atoms with Crippen LogP contribution in [0.25, 0.3) is 11.1 Å². The Morgan fingerprint density at radius 1 is 1.21 bits per heavy atom. The Balaban J connectivity index is 1.42. The smallest absolute Gasteiger partial charge is 0.496 e. The zero-order valence-corrected chi connectivity index (χ0v) is 25.1. The number of aliphatic hydroxyl groups excluding tert-OH is 2. The number of hydroxylamine groups is 2. The highest BCUT2D eigenvalue weighted by Crippen LogP contribution is 2.61. The lowest BCUT2D eigenvalue weighted by molar-refractivity contribution is -0.274. The molecule has 236 valence electrons. The Kier molecular flexibility index (Phi) is 8.74. The summed E-state index contributed by atoms with van der Waals surface area (Å²) in [6.45, 7) is 8.03. The van der Waals surface area contributed by atoms with Crippen molar-refractivity contribution in [3.8, 4) is 22.6 Å². The Bertz CT molecular complexity index is 1320. The first-order valence-corrected chi connectivity index (χ1v) is 14.8. The van der Waals surface area contributed by atoms with Gasteiger partial charge in [0.2, 0.25) is 5.91 Å². The largest absolute Gasteiger partial charge is 0.573 e. The van der Waals surface area contributed by atoms with E-state index in [-0.39, 0.29) is 29.7 Å². The molecule has 0 aromatic heterocycles. The number of alkyl halides is 3. The van der Waals surface area contributed by atoms with Gasteiger partial charge in [-0.2, -0.15) is 5.06 Å². The number of nitrogens with one attached hydrogen (secondary N) is 1. The predicted octanol–water partition coefficient (Wildman–Crippen LogP) is 4.92. The first-order valence-electron chi connectivity index (χ1n) is 14.8. The normalized spacial score (nSPS) is 30.8.